The Morgan fingerprint density at radius 1 is 1.05 bits per heavy atom. The minimum absolute atomic E-state index is 0.165. The van der Waals surface area contributed by atoms with Gasteiger partial charge in [-0.25, -0.2) is 0 Å². The number of hydrogen-bond acceptors (Lipinski definition) is 3. The summed E-state index contributed by atoms with van der Waals surface area (Å²) < 4.78 is 0.945. The molecule has 3 nitrogen and oxygen atoms in total. The van der Waals surface area contributed by atoms with Crippen molar-refractivity contribution in [2.45, 2.75) is 13.0 Å². The zero-order chi connectivity index (χ0) is 13.7. The molecule has 0 atom stereocenters. The molecular weight excluding hydrogens is 306 g/mol. The molecule has 0 aromatic heterocycles. The fourth-order valence-corrected chi connectivity index (χ4v) is 2.22. The van der Waals surface area contributed by atoms with Crippen molar-refractivity contribution in [3.63, 3.8) is 0 Å². The average molecular weight is 322 g/mol. The van der Waals surface area contributed by atoms with E-state index >= 15 is 0 Å². The summed E-state index contributed by atoms with van der Waals surface area (Å²) >= 11 is 3.39. The number of benzene rings is 2. The number of anilines is 1. The van der Waals surface area contributed by atoms with Gasteiger partial charge in [-0.3, -0.25) is 0 Å². The molecule has 0 bridgehead atoms. The Hall–Kier alpha value is -1.52. The van der Waals surface area contributed by atoms with Gasteiger partial charge in [0.05, 0.1) is 0 Å². The van der Waals surface area contributed by atoms with Crippen LogP contribution in [0.2, 0.25) is 0 Å². The van der Waals surface area contributed by atoms with Crippen LogP contribution in [0.25, 0.3) is 0 Å². The van der Waals surface area contributed by atoms with E-state index in [1.165, 1.54) is 0 Å². The summed E-state index contributed by atoms with van der Waals surface area (Å²) in [7, 11) is 0. The zero-order valence-electron chi connectivity index (χ0n) is 10.4. The van der Waals surface area contributed by atoms with E-state index in [4.69, 9.17) is 5.11 Å². The summed E-state index contributed by atoms with van der Waals surface area (Å²) in [5, 5.41) is 21.8. The van der Waals surface area contributed by atoms with Crippen molar-refractivity contribution in [2.24, 2.45) is 0 Å². The minimum atomic E-state index is 0.165. The van der Waals surface area contributed by atoms with Gasteiger partial charge in [-0.2, -0.15) is 0 Å². The molecule has 0 amide bonds. The second-order valence-corrected chi connectivity index (χ2v) is 5.21. The van der Waals surface area contributed by atoms with Crippen LogP contribution in [0.4, 0.5) is 5.69 Å². The first-order valence-corrected chi connectivity index (χ1v) is 6.89. The van der Waals surface area contributed by atoms with Crippen LogP contribution >= 0.6 is 15.9 Å². The highest BCUT2D eigenvalue weighted by Crippen LogP contribution is 2.23. The average Bonchev–Trinajstić information content (AvgIpc) is 2.42. The fourth-order valence-electron chi connectivity index (χ4n) is 1.81. The predicted molar refractivity (Wildman–Crippen MR) is 80.4 cm³/mol. The molecule has 2 aromatic rings. The Kier molecular flexibility index (Phi) is 4.82. The van der Waals surface area contributed by atoms with E-state index in [1.807, 2.05) is 36.4 Å². The molecule has 3 N–H and O–H groups in total. The molecule has 0 aliphatic carbocycles. The third-order valence-corrected chi connectivity index (χ3v) is 3.37. The van der Waals surface area contributed by atoms with Crippen LogP contribution in [0.15, 0.2) is 46.9 Å². The fraction of sp³-hybridized carbons (Fsp3) is 0.200. The number of nitrogens with one attached hydrogen (secondary N) is 1. The lowest BCUT2D eigenvalue weighted by molar-refractivity contribution is 0.299. The van der Waals surface area contributed by atoms with Gasteiger partial charge in [0.1, 0.15) is 5.75 Å². The number of aliphatic hydroxyl groups excluding tert-OH is 1. The Morgan fingerprint density at radius 2 is 1.79 bits per heavy atom. The molecule has 0 saturated carbocycles. The largest absolute Gasteiger partial charge is 0.508 e. The molecular formula is C15H16BrNO2. The highest BCUT2D eigenvalue weighted by Gasteiger charge is 2.02. The molecule has 2 rings (SSSR count). The smallest absolute Gasteiger partial charge is 0.120 e. The van der Waals surface area contributed by atoms with Gasteiger partial charge >= 0.3 is 0 Å². The lowest BCUT2D eigenvalue weighted by Gasteiger charge is -2.09. The van der Waals surface area contributed by atoms with E-state index in [2.05, 4.69) is 21.2 Å². The molecule has 4 heteroatoms. The highest BCUT2D eigenvalue weighted by atomic mass is 79.9. The van der Waals surface area contributed by atoms with Gasteiger partial charge in [0.25, 0.3) is 0 Å². The predicted octanol–water partition coefficient (Wildman–Crippen LogP) is 3.30. The molecule has 100 valence electrons. The Labute approximate surface area is 121 Å². The first kappa shape index (κ1) is 13.9. The number of rotatable bonds is 5. The van der Waals surface area contributed by atoms with Crippen LogP contribution in [0, 0.1) is 0 Å². The maximum Gasteiger partial charge on any atom is 0.120 e. The van der Waals surface area contributed by atoms with Gasteiger partial charge in [-0.05, 0) is 42.3 Å². The summed E-state index contributed by atoms with van der Waals surface area (Å²) in [6.07, 6.45) is 0.673. The number of aliphatic hydroxyl groups is 1. The van der Waals surface area contributed by atoms with E-state index < -0.39 is 0 Å². The number of aromatic hydroxyl groups is 1. The third kappa shape index (κ3) is 3.98. The maximum atomic E-state index is 9.74. The topological polar surface area (TPSA) is 52.5 Å². The quantitative estimate of drug-likeness (QED) is 0.792. The first-order valence-electron chi connectivity index (χ1n) is 6.10. The minimum Gasteiger partial charge on any atom is -0.508 e. The molecule has 0 heterocycles. The van der Waals surface area contributed by atoms with Crippen LogP contribution in [0.5, 0.6) is 5.75 Å². The standard InChI is InChI=1S/C15H16BrNO2/c16-13-3-6-15(19)12(9-13)10-17-14-4-1-11(2-5-14)7-8-18/h1-6,9,17-19H,7-8,10H2. The van der Waals surface area contributed by atoms with Crippen LogP contribution < -0.4 is 5.32 Å². The molecule has 0 spiro atoms. The molecule has 19 heavy (non-hydrogen) atoms. The molecule has 0 unspecified atom stereocenters. The number of halogens is 1. The molecule has 0 saturated heterocycles. The summed E-state index contributed by atoms with van der Waals surface area (Å²) in [4.78, 5) is 0. The SMILES string of the molecule is OCCc1ccc(NCc2cc(Br)ccc2O)cc1. The zero-order valence-corrected chi connectivity index (χ0v) is 12.0. The van der Waals surface area contributed by atoms with Crippen molar-refractivity contribution in [1.82, 2.24) is 0 Å². The van der Waals surface area contributed by atoms with Crippen molar-refractivity contribution >= 4 is 21.6 Å². The summed E-state index contributed by atoms with van der Waals surface area (Å²) in [6.45, 7) is 0.726. The van der Waals surface area contributed by atoms with Crippen LogP contribution in [0.1, 0.15) is 11.1 Å². The first-order chi connectivity index (χ1) is 9.19. The second-order valence-electron chi connectivity index (χ2n) is 4.30. The Balaban J connectivity index is 2.00. The normalized spacial score (nSPS) is 10.4. The third-order valence-electron chi connectivity index (χ3n) is 2.88. The van der Waals surface area contributed by atoms with Gasteiger partial charge < -0.3 is 15.5 Å². The van der Waals surface area contributed by atoms with E-state index in [9.17, 15) is 5.11 Å². The summed E-state index contributed by atoms with van der Waals surface area (Å²) in [5.74, 6) is 0.285. The molecule has 0 radical (unpaired) electrons. The highest BCUT2D eigenvalue weighted by molar-refractivity contribution is 9.10. The van der Waals surface area contributed by atoms with Gasteiger partial charge in [0.2, 0.25) is 0 Å². The van der Waals surface area contributed by atoms with E-state index in [-0.39, 0.29) is 12.4 Å². The van der Waals surface area contributed by atoms with E-state index in [0.29, 0.717) is 13.0 Å². The van der Waals surface area contributed by atoms with Gasteiger partial charge in [0, 0.05) is 28.9 Å². The summed E-state index contributed by atoms with van der Waals surface area (Å²) in [6, 6.07) is 13.3. The van der Waals surface area contributed by atoms with Crippen molar-refractivity contribution in [1.29, 1.82) is 0 Å². The van der Waals surface area contributed by atoms with Crippen LogP contribution in [-0.2, 0) is 13.0 Å². The lowest BCUT2D eigenvalue weighted by atomic mass is 10.1. The Morgan fingerprint density at radius 3 is 2.47 bits per heavy atom. The monoisotopic (exact) mass is 321 g/mol. The molecule has 0 aliphatic heterocycles. The van der Waals surface area contributed by atoms with Gasteiger partial charge in [-0.15, -0.1) is 0 Å². The van der Waals surface area contributed by atoms with Crippen molar-refractivity contribution in [3.8, 4) is 5.75 Å². The lowest BCUT2D eigenvalue weighted by Crippen LogP contribution is -2.00. The number of hydrogen-bond donors (Lipinski definition) is 3. The number of phenolic OH excluding ortho intramolecular Hbond substituents is 1. The molecule has 0 aliphatic rings. The van der Waals surface area contributed by atoms with Crippen molar-refractivity contribution in [3.05, 3.63) is 58.1 Å². The van der Waals surface area contributed by atoms with Crippen LogP contribution in [-0.4, -0.2) is 16.8 Å². The molecule has 2 aromatic carbocycles. The van der Waals surface area contributed by atoms with Crippen molar-refractivity contribution in [2.75, 3.05) is 11.9 Å². The van der Waals surface area contributed by atoms with E-state index in [0.717, 1.165) is 21.3 Å². The maximum absolute atomic E-state index is 9.74. The number of phenols is 1. The second kappa shape index (κ2) is 6.59. The van der Waals surface area contributed by atoms with E-state index in [1.54, 1.807) is 6.07 Å². The van der Waals surface area contributed by atoms with Crippen LogP contribution in [0.3, 0.4) is 0 Å². The summed E-state index contributed by atoms with van der Waals surface area (Å²) in [5.41, 5.74) is 2.94. The van der Waals surface area contributed by atoms with Gasteiger partial charge in [-0.1, -0.05) is 28.1 Å². The van der Waals surface area contributed by atoms with Gasteiger partial charge in [0.15, 0.2) is 0 Å². The van der Waals surface area contributed by atoms with Crippen molar-refractivity contribution < 1.29 is 10.2 Å². The molecule has 0 fully saturated rings. The Bertz CT molecular complexity index is 540.